The van der Waals surface area contributed by atoms with Crippen molar-refractivity contribution in [2.75, 3.05) is 30.8 Å². The molecule has 222 valence electrons. The fraction of sp³-hybridized carbons (Fsp3) is 0.552. The molecule has 0 atom stereocenters. The first-order valence-electron chi connectivity index (χ1n) is 14.4. The molecular weight excluding hydrogens is 562 g/mol. The van der Waals surface area contributed by atoms with Gasteiger partial charge < -0.3 is 25.6 Å². The van der Waals surface area contributed by atoms with E-state index in [0.717, 1.165) is 63.1 Å². The molecular formula is C29H40ClN7O3S. The summed E-state index contributed by atoms with van der Waals surface area (Å²) < 4.78 is 31.9. The number of rotatable bonds is 11. The number of likely N-dealkylation sites (tertiary alicyclic amines) is 1. The second-order valence-corrected chi connectivity index (χ2v) is 14.5. The van der Waals surface area contributed by atoms with Crippen molar-refractivity contribution in [2.24, 2.45) is 0 Å². The van der Waals surface area contributed by atoms with Gasteiger partial charge >= 0.3 is 0 Å². The zero-order chi connectivity index (χ0) is 29.3. The maximum absolute atomic E-state index is 12.8. The number of ether oxygens (including phenoxy) is 1. The predicted molar refractivity (Wildman–Crippen MR) is 164 cm³/mol. The van der Waals surface area contributed by atoms with E-state index >= 15 is 0 Å². The van der Waals surface area contributed by atoms with Crippen LogP contribution in [0.3, 0.4) is 0 Å². The van der Waals surface area contributed by atoms with Crippen LogP contribution in [0.5, 0.6) is 5.75 Å². The highest BCUT2D eigenvalue weighted by Gasteiger charge is 2.29. The third-order valence-electron chi connectivity index (χ3n) is 7.78. The number of sulfone groups is 1. The molecule has 0 spiro atoms. The van der Waals surface area contributed by atoms with E-state index in [9.17, 15) is 8.42 Å². The van der Waals surface area contributed by atoms with E-state index in [4.69, 9.17) is 21.7 Å². The van der Waals surface area contributed by atoms with Crippen LogP contribution in [-0.4, -0.2) is 65.9 Å². The van der Waals surface area contributed by atoms with Crippen molar-refractivity contribution in [1.29, 1.82) is 5.41 Å². The van der Waals surface area contributed by atoms with Gasteiger partial charge in [0.05, 0.1) is 28.9 Å². The molecule has 41 heavy (non-hydrogen) atoms. The average molecular weight is 602 g/mol. The Morgan fingerprint density at radius 3 is 2.51 bits per heavy atom. The second kappa shape index (κ2) is 12.1. The molecule has 2 saturated carbocycles. The monoisotopic (exact) mass is 601 g/mol. The molecule has 5 rings (SSSR count). The average Bonchev–Trinajstić information content (AvgIpc) is 3.86. The zero-order valence-corrected chi connectivity index (χ0v) is 25.7. The molecule has 12 heteroatoms. The number of anilines is 3. The Morgan fingerprint density at radius 2 is 1.88 bits per heavy atom. The Kier molecular flexibility index (Phi) is 8.77. The molecule has 1 aromatic heterocycles. The lowest BCUT2D eigenvalue weighted by Gasteiger charge is -2.30. The van der Waals surface area contributed by atoms with Crippen molar-refractivity contribution in [3.8, 4) is 5.75 Å². The lowest BCUT2D eigenvalue weighted by atomic mass is 9.86. The van der Waals surface area contributed by atoms with E-state index < -0.39 is 20.1 Å². The number of aromatic nitrogens is 2. The van der Waals surface area contributed by atoms with E-state index in [-0.39, 0.29) is 34.6 Å². The highest BCUT2D eigenvalue weighted by molar-refractivity contribution is 8.07. The van der Waals surface area contributed by atoms with E-state index in [1.807, 2.05) is 0 Å². The van der Waals surface area contributed by atoms with Crippen LogP contribution in [-0.2, 0) is 9.84 Å². The maximum Gasteiger partial charge on any atom is 0.229 e. The molecule has 1 aromatic carbocycles. The third kappa shape index (κ3) is 7.31. The van der Waals surface area contributed by atoms with Gasteiger partial charge in [0.25, 0.3) is 0 Å². The quantitative estimate of drug-likeness (QED) is 0.199. The van der Waals surface area contributed by atoms with Gasteiger partial charge in [-0.05, 0) is 109 Å². The summed E-state index contributed by atoms with van der Waals surface area (Å²) in [6.45, 7) is 7.40. The van der Waals surface area contributed by atoms with Gasteiger partial charge in [0.15, 0.2) is 20.7 Å². The van der Waals surface area contributed by atoms with E-state index in [1.54, 1.807) is 13.8 Å². The summed E-state index contributed by atoms with van der Waals surface area (Å²) in [5.41, 5.74) is 3.34. The minimum Gasteiger partial charge on any atom is -0.488 e. The highest BCUT2D eigenvalue weighted by Crippen LogP contribution is 2.40. The predicted octanol–water partition coefficient (Wildman–Crippen LogP) is 5.34. The summed E-state index contributed by atoms with van der Waals surface area (Å²) >= 11 is 6.44. The van der Waals surface area contributed by atoms with Gasteiger partial charge in [0.1, 0.15) is 10.8 Å². The van der Waals surface area contributed by atoms with Crippen LogP contribution in [0.15, 0.2) is 30.2 Å². The second-order valence-electron chi connectivity index (χ2n) is 11.7. The number of nitrogens with one attached hydrogen (secondary N) is 4. The Balaban J connectivity index is 1.41. The standard InChI is InChI=1S/C29H40ClN7O3S/c1-17(2)41(38,39)27(31)25(16-32-20-5-6-20)34-28-23(30)15-33-29(36-28)35-24-13-18(3)22(14-26(24)40-21-7-8-21)19-9-11-37(4)12-10-19/h13-17,19-21,31-32H,5-12H2,1-4H3,(H2,33,34,35,36)/b25-16+,31-27?. The molecule has 0 radical (unpaired) electrons. The van der Waals surface area contributed by atoms with Gasteiger partial charge in [-0.15, -0.1) is 0 Å². The Morgan fingerprint density at radius 1 is 1.17 bits per heavy atom. The largest absolute Gasteiger partial charge is 0.488 e. The number of halogens is 1. The van der Waals surface area contributed by atoms with E-state index in [1.165, 1.54) is 23.5 Å². The van der Waals surface area contributed by atoms with Gasteiger partial charge in [-0.3, -0.25) is 5.41 Å². The summed E-state index contributed by atoms with van der Waals surface area (Å²) in [5.74, 6) is 1.74. The number of hydrogen-bond donors (Lipinski definition) is 4. The lowest BCUT2D eigenvalue weighted by molar-refractivity contribution is 0.254. The normalized spacial score (nSPS) is 18.8. The lowest BCUT2D eigenvalue weighted by Crippen LogP contribution is -2.29. The van der Waals surface area contributed by atoms with Crippen molar-refractivity contribution in [2.45, 2.75) is 82.6 Å². The summed E-state index contributed by atoms with van der Waals surface area (Å²) in [6, 6.07) is 4.53. The van der Waals surface area contributed by atoms with Crippen LogP contribution in [0.1, 0.15) is 69.4 Å². The van der Waals surface area contributed by atoms with Crippen LogP contribution < -0.4 is 20.7 Å². The summed E-state index contributed by atoms with van der Waals surface area (Å²) in [5, 5.41) is 16.8. The first kappa shape index (κ1) is 29.6. The van der Waals surface area contributed by atoms with Crippen molar-refractivity contribution >= 4 is 43.9 Å². The number of benzene rings is 1. The van der Waals surface area contributed by atoms with E-state index in [2.05, 4.69) is 56.9 Å². The Labute approximate surface area is 247 Å². The molecule has 1 saturated heterocycles. The minimum atomic E-state index is -3.84. The number of nitrogens with zero attached hydrogens (tertiary/aromatic N) is 3. The van der Waals surface area contributed by atoms with Crippen LogP contribution in [0, 0.1) is 12.3 Å². The molecule has 3 aliphatic rings. The molecule has 0 amide bonds. The Bertz CT molecular complexity index is 1430. The first-order valence-corrected chi connectivity index (χ1v) is 16.3. The van der Waals surface area contributed by atoms with Crippen LogP contribution >= 0.6 is 11.6 Å². The van der Waals surface area contributed by atoms with Crippen molar-refractivity contribution in [3.05, 3.63) is 46.4 Å². The SMILES string of the molecule is Cc1cc(Nc2ncc(Cl)c(N/C(=C/NC3CC3)C(=N)S(=O)(=O)C(C)C)n2)c(OC2CC2)cc1C1CCN(C)CC1. The van der Waals surface area contributed by atoms with Crippen LogP contribution in [0.4, 0.5) is 17.5 Å². The topological polar surface area (TPSA) is 132 Å². The van der Waals surface area contributed by atoms with Crippen molar-refractivity contribution in [3.63, 3.8) is 0 Å². The smallest absolute Gasteiger partial charge is 0.229 e. The number of hydrogen-bond acceptors (Lipinski definition) is 10. The van der Waals surface area contributed by atoms with Gasteiger partial charge in [-0.25, -0.2) is 13.4 Å². The van der Waals surface area contributed by atoms with Gasteiger partial charge in [0.2, 0.25) is 5.95 Å². The summed E-state index contributed by atoms with van der Waals surface area (Å²) in [7, 11) is -1.67. The fourth-order valence-corrected chi connectivity index (χ4v) is 5.81. The molecule has 2 aromatic rings. The highest BCUT2D eigenvalue weighted by atomic mass is 35.5. The van der Waals surface area contributed by atoms with Crippen LogP contribution in [0.2, 0.25) is 5.02 Å². The van der Waals surface area contributed by atoms with E-state index in [0.29, 0.717) is 5.92 Å². The molecule has 2 heterocycles. The van der Waals surface area contributed by atoms with Gasteiger partial charge in [-0.2, -0.15) is 4.98 Å². The summed E-state index contributed by atoms with van der Waals surface area (Å²) in [6.07, 6.45) is 9.51. The first-order chi connectivity index (χ1) is 19.5. The Hall–Kier alpha value is -2.89. The van der Waals surface area contributed by atoms with Crippen LogP contribution in [0.25, 0.3) is 0 Å². The van der Waals surface area contributed by atoms with Gasteiger partial charge in [0, 0.05) is 12.2 Å². The molecule has 3 fully saturated rings. The maximum atomic E-state index is 12.8. The van der Waals surface area contributed by atoms with Crippen molar-refractivity contribution in [1.82, 2.24) is 20.2 Å². The fourth-order valence-electron chi connectivity index (χ4n) is 4.79. The molecule has 0 bridgehead atoms. The molecule has 4 N–H and O–H groups in total. The molecule has 0 unspecified atom stereocenters. The minimum absolute atomic E-state index is 0.0771. The molecule has 1 aliphatic heterocycles. The van der Waals surface area contributed by atoms with Crippen molar-refractivity contribution < 1.29 is 13.2 Å². The summed E-state index contributed by atoms with van der Waals surface area (Å²) in [4.78, 5) is 11.3. The van der Waals surface area contributed by atoms with Gasteiger partial charge in [-0.1, -0.05) is 11.6 Å². The molecule has 2 aliphatic carbocycles. The third-order valence-corrected chi connectivity index (χ3v) is 10.1. The number of piperidine rings is 1. The zero-order valence-electron chi connectivity index (χ0n) is 24.1. The molecule has 10 nitrogen and oxygen atoms in total. The number of aryl methyl sites for hydroxylation is 1.